The predicted octanol–water partition coefficient (Wildman–Crippen LogP) is 2.86. The zero-order valence-corrected chi connectivity index (χ0v) is 14.0. The maximum Gasteiger partial charge on any atom is 0.322 e. The second-order valence-electron chi connectivity index (χ2n) is 5.40. The van der Waals surface area contributed by atoms with E-state index in [1.54, 1.807) is 0 Å². The molecule has 0 amide bonds. The molecule has 0 saturated carbocycles. The maximum absolute atomic E-state index is 11.8. The van der Waals surface area contributed by atoms with Crippen LogP contribution in [0.1, 0.15) is 25.8 Å². The van der Waals surface area contributed by atoms with Gasteiger partial charge in [0.05, 0.1) is 11.6 Å². The van der Waals surface area contributed by atoms with E-state index in [9.17, 15) is 4.79 Å². The van der Waals surface area contributed by atoms with Crippen LogP contribution in [0, 0.1) is 5.92 Å². The first-order valence-corrected chi connectivity index (χ1v) is 7.69. The first-order chi connectivity index (χ1) is 10.0. The first kappa shape index (κ1) is 16.1. The molecule has 0 radical (unpaired) electrons. The van der Waals surface area contributed by atoms with Crippen molar-refractivity contribution in [1.82, 2.24) is 5.32 Å². The summed E-state index contributed by atoms with van der Waals surface area (Å²) in [6.07, 6.45) is 0.735. The lowest BCUT2D eigenvalue weighted by Crippen LogP contribution is -2.38. The van der Waals surface area contributed by atoms with Gasteiger partial charge in [-0.1, -0.05) is 13.8 Å². The van der Waals surface area contributed by atoms with Crippen molar-refractivity contribution in [2.45, 2.75) is 32.9 Å². The molecule has 116 valence electrons. The normalized spacial score (nSPS) is 14.3. The predicted molar refractivity (Wildman–Crippen MR) is 82.4 cm³/mol. The molecule has 2 rings (SSSR count). The Hall–Kier alpha value is -1.27. The fraction of sp³-hybridized carbons (Fsp3) is 0.533. The number of carbonyl (C=O) groups is 1. The van der Waals surface area contributed by atoms with Gasteiger partial charge in [0, 0.05) is 6.54 Å². The lowest BCUT2D eigenvalue weighted by atomic mass is 10.0. The second kappa shape index (κ2) is 7.13. The molecule has 6 heteroatoms. The number of nitrogens with one attached hydrogen (secondary N) is 1. The average Bonchev–Trinajstić information content (AvgIpc) is 2.91. The minimum atomic E-state index is -0.306. The van der Waals surface area contributed by atoms with Gasteiger partial charge in [-0.3, -0.25) is 4.79 Å². The van der Waals surface area contributed by atoms with Gasteiger partial charge in [-0.05, 0) is 46.0 Å². The summed E-state index contributed by atoms with van der Waals surface area (Å²) < 4.78 is 16.4. The number of halogens is 1. The lowest BCUT2D eigenvalue weighted by molar-refractivity contribution is -0.143. The van der Waals surface area contributed by atoms with Crippen LogP contribution < -0.4 is 14.8 Å². The molecule has 1 N–H and O–H groups in total. The largest absolute Gasteiger partial charge is 0.468 e. The maximum atomic E-state index is 11.8. The fourth-order valence-electron chi connectivity index (χ4n) is 2.24. The highest BCUT2D eigenvalue weighted by Gasteiger charge is 2.21. The number of hydrogen-bond acceptors (Lipinski definition) is 5. The van der Waals surface area contributed by atoms with Crippen molar-refractivity contribution < 1.29 is 19.0 Å². The smallest absolute Gasteiger partial charge is 0.322 e. The van der Waals surface area contributed by atoms with Crippen LogP contribution in [0.5, 0.6) is 11.5 Å². The molecule has 21 heavy (non-hydrogen) atoms. The van der Waals surface area contributed by atoms with Gasteiger partial charge < -0.3 is 19.5 Å². The van der Waals surface area contributed by atoms with Crippen LogP contribution in [-0.4, -0.2) is 25.9 Å². The summed E-state index contributed by atoms with van der Waals surface area (Å²) in [7, 11) is 1.41. The average molecular weight is 358 g/mol. The van der Waals surface area contributed by atoms with Crippen LogP contribution in [0.3, 0.4) is 0 Å². The highest BCUT2D eigenvalue weighted by molar-refractivity contribution is 9.10. The Kier molecular flexibility index (Phi) is 5.47. The number of ether oxygens (including phenoxy) is 3. The van der Waals surface area contributed by atoms with Crippen LogP contribution in [0.4, 0.5) is 0 Å². The van der Waals surface area contributed by atoms with E-state index >= 15 is 0 Å². The SMILES string of the molecule is COC(=O)C(CC(C)C)NCc1cc(Br)c2c(c1)OCO2. The fourth-order valence-corrected chi connectivity index (χ4v) is 2.84. The molecule has 0 spiro atoms. The van der Waals surface area contributed by atoms with Gasteiger partial charge >= 0.3 is 5.97 Å². The quantitative estimate of drug-likeness (QED) is 0.793. The summed E-state index contributed by atoms with van der Waals surface area (Å²) in [6, 6.07) is 3.58. The number of hydrogen-bond donors (Lipinski definition) is 1. The van der Waals surface area contributed by atoms with Gasteiger partial charge in [0.25, 0.3) is 0 Å². The summed E-state index contributed by atoms with van der Waals surface area (Å²) in [5, 5.41) is 3.24. The molecule has 0 fully saturated rings. The van der Waals surface area contributed by atoms with Gasteiger partial charge in [0.1, 0.15) is 6.04 Å². The topological polar surface area (TPSA) is 56.8 Å². The Morgan fingerprint density at radius 3 is 2.86 bits per heavy atom. The molecule has 0 aromatic heterocycles. The summed E-state index contributed by atoms with van der Waals surface area (Å²) >= 11 is 3.46. The molecule has 1 aromatic carbocycles. The third kappa shape index (κ3) is 4.11. The van der Waals surface area contributed by atoms with Crippen molar-refractivity contribution in [3.05, 3.63) is 22.2 Å². The number of benzene rings is 1. The van der Waals surface area contributed by atoms with Crippen molar-refractivity contribution in [3.63, 3.8) is 0 Å². The monoisotopic (exact) mass is 357 g/mol. The van der Waals surface area contributed by atoms with Crippen molar-refractivity contribution in [1.29, 1.82) is 0 Å². The lowest BCUT2D eigenvalue weighted by Gasteiger charge is -2.18. The van der Waals surface area contributed by atoms with Crippen LogP contribution in [0.15, 0.2) is 16.6 Å². The summed E-state index contributed by atoms with van der Waals surface area (Å²) in [5.41, 5.74) is 1.02. The number of methoxy groups -OCH3 is 1. The standard InChI is InChI=1S/C15H20BrNO4/c1-9(2)4-12(15(18)19-3)17-7-10-5-11(16)14-13(6-10)20-8-21-14/h5-6,9,12,17H,4,7-8H2,1-3H3. The minimum absolute atomic E-state index is 0.233. The van der Waals surface area contributed by atoms with Gasteiger partial charge in [-0.25, -0.2) is 0 Å². The Morgan fingerprint density at radius 2 is 2.19 bits per heavy atom. The second-order valence-corrected chi connectivity index (χ2v) is 6.25. The van der Waals surface area contributed by atoms with Gasteiger partial charge in [0.2, 0.25) is 6.79 Å². The summed E-state index contributed by atoms with van der Waals surface area (Å²) in [4.78, 5) is 11.8. The number of carbonyl (C=O) groups excluding carboxylic acids is 1. The highest BCUT2D eigenvalue weighted by Crippen LogP contribution is 2.39. The van der Waals surface area contributed by atoms with Crippen molar-refractivity contribution in [3.8, 4) is 11.5 Å². The summed E-state index contributed by atoms with van der Waals surface area (Å²) in [6.45, 7) is 4.95. The third-order valence-electron chi connectivity index (χ3n) is 3.23. The van der Waals surface area contributed by atoms with Crippen LogP contribution in [0.25, 0.3) is 0 Å². The van der Waals surface area contributed by atoms with E-state index in [1.165, 1.54) is 7.11 Å². The van der Waals surface area contributed by atoms with Crippen LogP contribution in [0.2, 0.25) is 0 Å². The number of rotatable bonds is 6. The molecule has 0 aliphatic carbocycles. The van der Waals surface area contributed by atoms with Gasteiger partial charge in [0.15, 0.2) is 11.5 Å². The molecule has 1 unspecified atom stereocenters. The first-order valence-electron chi connectivity index (χ1n) is 6.90. The highest BCUT2D eigenvalue weighted by atomic mass is 79.9. The number of esters is 1. The molecular formula is C15H20BrNO4. The number of fused-ring (bicyclic) bond motifs is 1. The van der Waals surface area contributed by atoms with E-state index in [0.29, 0.717) is 12.5 Å². The van der Waals surface area contributed by atoms with Crippen molar-refractivity contribution >= 4 is 21.9 Å². The molecule has 1 aromatic rings. The molecule has 1 aliphatic heterocycles. The molecular weight excluding hydrogens is 338 g/mol. The Labute approximate surface area is 133 Å². The van der Waals surface area contributed by atoms with E-state index in [2.05, 4.69) is 35.1 Å². The third-order valence-corrected chi connectivity index (χ3v) is 3.82. The molecule has 1 heterocycles. The van der Waals surface area contributed by atoms with Crippen molar-refractivity contribution in [2.24, 2.45) is 5.92 Å². The van der Waals surface area contributed by atoms with Gasteiger partial charge in [-0.15, -0.1) is 0 Å². The van der Waals surface area contributed by atoms with Crippen LogP contribution >= 0.6 is 15.9 Å². The molecule has 1 aliphatic rings. The van der Waals surface area contributed by atoms with E-state index in [0.717, 1.165) is 28.0 Å². The van der Waals surface area contributed by atoms with Gasteiger partial charge in [-0.2, -0.15) is 0 Å². The molecule has 0 saturated heterocycles. The van der Waals surface area contributed by atoms with E-state index in [4.69, 9.17) is 14.2 Å². The van der Waals surface area contributed by atoms with Crippen molar-refractivity contribution in [2.75, 3.05) is 13.9 Å². The Balaban J connectivity index is 2.03. The van der Waals surface area contributed by atoms with E-state index in [1.807, 2.05) is 12.1 Å². The Bertz CT molecular complexity index is 519. The van der Waals surface area contributed by atoms with E-state index < -0.39 is 0 Å². The molecule has 0 bridgehead atoms. The molecule has 1 atom stereocenters. The Morgan fingerprint density at radius 1 is 1.43 bits per heavy atom. The molecule has 5 nitrogen and oxygen atoms in total. The summed E-state index contributed by atoms with van der Waals surface area (Å²) in [5.74, 6) is 1.62. The van der Waals surface area contributed by atoms with Crippen LogP contribution in [-0.2, 0) is 16.1 Å². The zero-order chi connectivity index (χ0) is 15.4. The minimum Gasteiger partial charge on any atom is -0.468 e. The van der Waals surface area contributed by atoms with E-state index in [-0.39, 0.29) is 18.8 Å². The zero-order valence-electron chi connectivity index (χ0n) is 12.4.